The first-order chi connectivity index (χ1) is 17.6. The van der Waals surface area contributed by atoms with Gasteiger partial charge in [-0.15, -0.1) is 0 Å². The molecule has 4 N–H and O–H groups in total. The number of rotatable bonds is 7. The molecule has 10 nitrogen and oxygen atoms in total. The molecule has 2 heterocycles. The summed E-state index contributed by atoms with van der Waals surface area (Å²) in [4.78, 5) is 41.3. The van der Waals surface area contributed by atoms with Crippen LogP contribution in [-0.4, -0.2) is 48.2 Å². The van der Waals surface area contributed by atoms with Gasteiger partial charge < -0.3 is 30.4 Å². The van der Waals surface area contributed by atoms with Crippen molar-refractivity contribution >= 4 is 23.5 Å². The second-order valence-corrected chi connectivity index (χ2v) is 9.38. The summed E-state index contributed by atoms with van der Waals surface area (Å²) in [6.45, 7) is 4.96. The Balaban J connectivity index is 1.72. The highest BCUT2D eigenvalue weighted by Gasteiger charge is 2.30. The van der Waals surface area contributed by atoms with Crippen LogP contribution in [0.5, 0.6) is 5.88 Å². The van der Waals surface area contributed by atoms with E-state index in [4.69, 9.17) is 19.9 Å². The van der Waals surface area contributed by atoms with Gasteiger partial charge in [-0.25, -0.2) is 9.78 Å². The van der Waals surface area contributed by atoms with Crippen LogP contribution in [-0.2, 0) is 9.47 Å². The number of carboxylic acid groups (broad SMARTS) is 1. The normalized spacial score (nSPS) is 15.1. The lowest BCUT2D eigenvalue weighted by molar-refractivity contribution is -0.226. The number of amides is 2. The van der Waals surface area contributed by atoms with Gasteiger partial charge in [0.1, 0.15) is 5.69 Å². The van der Waals surface area contributed by atoms with Crippen molar-refractivity contribution in [3.8, 4) is 17.0 Å². The van der Waals surface area contributed by atoms with Gasteiger partial charge in [0.15, 0.2) is 6.29 Å². The predicted molar refractivity (Wildman–Crippen MR) is 135 cm³/mol. The molecule has 2 aromatic carbocycles. The highest BCUT2D eigenvalue weighted by atomic mass is 16.7. The van der Waals surface area contributed by atoms with Crippen LogP contribution in [0.2, 0.25) is 0 Å². The van der Waals surface area contributed by atoms with Crippen LogP contribution in [0.4, 0.5) is 5.69 Å². The number of benzene rings is 2. The van der Waals surface area contributed by atoms with Crippen molar-refractivity contribution < 1.29 is 33.7 Å². The number of aromatic carboxylic acids is 1. The molecule has 10 heteroatoms. The number of carboxylic acids is 1. The van der Waals surface area contributed by atoms with Crippen LogP contribution in [0.3, 0.4) is 0 Å². The molecule has 1 aliphatic rings. The van der Waals surface area contributed by atoms with Crippen LogP contribution in [0.25, 0.3) is 11.1 Å². The standard InChI is InChI=1S/C27H27N3O7/c1-27(2)13-36-26(37-14-27)16-7-8-18(20(12-16)25(33)34)19-9-10-21(35-3)30-22(19)24(32)29-17-6-4-5-15(11-17)23(28)31/h4-12,26H,13-14H2,1-3H3,(H2,28,31)(H,29,32)(H,33,34). The number of ether oxygens (including phenoxy) is 3. The topological polar surface area (TPSA) is 150 Å². The zero-order chi connectivity index (χ0) is 26.7. The molecule has 37 heavy (non-hydrogen) atoms. The zero-order valence-electron chi connectivity index (χ0n) is 20.6. The minimum atomic E-state index is -1.19. The van der Waals surface area contributed by atoms with Crippen molar-refractivity contribution in [3.05, 3.63) is 77.0 Å². The van der Waals surface area contributed by atoms with Crippen LogP contribution in [0, 0.1) is 5.41 Å². The molecule has 0 bridgehead atoms. The predicted octanol–water partition coefficient (Wildman–Crippen LogP) is 3.88. The number of carbonyl (C=O) groups is 3. The van der Waals surface area contributed by atoms with Crippen molar-refractivity contribution in [2.75, 3.05) is 25.6 Å². The summed E-state index contributed by atoms with van der Waals surface area (Å²) in [5.74, 6) is -2.29. The lowest BCUT2D eigenvalue weighted by Gasteiger charge is -2.34. The summed E-state index contributed by atoms with van der Waals surface area (Å²) < 4.78 is 16.8. The Bertz CT molecular complexity index is 1360. The minimum Gasteiger partial charge on any atom is -0.481 e. The number of hydrogen-bond acceptors (Lipinski definition) is 7. The SMILES string of the molecule is COc1ccc(-c2ccc(C3OCC(C)(C)CO3)cc2C(=O)O)c(C(=O)Nc2cccc(C(N)=O)c2)n1. The maximum atomic E-state index is 13.3. The molecule has 3 aromatic rings. The van der Waals surface area contributed by atoms with Crippen LogP contribution >= 0.6 is 0 Å². The van der Waals surface area contributed by atoms with E-state index in [-0.39, 0.29) is 39.2 Å². The van der Waals surface area contributed by atoms with Crippen molar-refractivity contribution in [1.29, 1.82) is 0 Å². The van der Waals surface area contributed by atoms with Crippen LogP contribution < -0.4 is 15.8 Å². The van der Waals surface area contributed by atoms with E-state index in [1.165, 1.54) is 31.4 Å². The van der Waals surface area contributed by atoms with Crippen molar-refractivity contribution in [3.63, 3.8) is 0 Å². The maximum absolute atomic E-state index is 13.3. The summed E-state index contributed by atoms with van der Waals surface area (Å²) in [7, 11) is 1.41. The maximum Gasteiger partial charge on any atom is 0.336 e. The number of nitrogens with zero attached hydrogens (tertiary/aromatic N) is 1. The lowest BCUT2D eigenvalue weighted by Crippen LogP contribution is -2.33. The summed E-state index contributed by atoms with van der Waals surface area (Å²) in [6, 6.07) is 14.0. The molecule has 4 rings (SSSR count). The number of aromatic nitrogens is 1. The zero-order valence-corrected chi connectivity index (χ0v) is 20.6. The quantitative estimate of drug-likeness (QED) is 0.438. The molecule has 0 saturated carbocycles. The Morgan fingerprint density at radius 3 is 2.41 bits per heavy atom. The van der Waals surface area contributed by atoms with E-state index in [1.54, 1.807) is 30.3 Å². The van der Waals surface area contributed by atoms with E-state index in [1.807, 2.05) is 13.8 Å². The number of primary amides is 1. The largest absolute Gasteiger partial charge is 0.481 e. The Kier molecular flexibility index (Phi) is 7.23. The molecule has 1 fully saturated rings. The molecule has 1 saturated heterocycles. The molecule has 0 atom stereocenters. The van der Waals surface area contributed by atoms with Gasteiger partial charge in [-0.05, 0) is 35.9 Å². The highest BCUT2D eigenvalue weighted by molar-refractivity contribution is 6.09. The average molecular weight is 506 g/mol. The fraction of sp³-hybridized carbons (Fsp3) is 0.259. The Morgan fingerprint density at radius 2 is 1.76 bits per heavy atom. The van der Waals surface area contributed by atoms with Crippen LogP contribution in [0.1, 0.15) is 56.9 Å². The molecule has 192 valence electrons. The van der Waals surface area contributed by atoms with E-state index >= 15 is 0 Å². The van der Waals surface area contributed by atoms with Gasteiger partial charge in [0.25, 0.3) is 5.91 Å². The Morgan fingerprint density at radius 1 is 1.05 bits per heavy atom. The molecular weight excluding hydrogens is 478 g/mol. The van der Waals surface area contributed by atoms with E-state index in [0.717, 1.165) is 0 Å². The monoisotopic (exact) mass is 505 g/mol. The smallest absolute Gasteiger partial charge is 0.336 e. The number of nitrogens with one attached hydrogen (secondary N) is 1. The second kappa shape index (κ2) is 10.4. The average Bonchev–Trinajstić information content (AvgIpc) is 2.88. The summed E-state index contributed by atoms with van der Waals surface area (Å²) >= 11 is 0. The third-order valence-electron chi connectivity index (χ3n) is 5.79. The second-order valence-electron chi connectivity index (χ2n) is 9.38. The fourth-order valence-corrected chi connectivity index (χ4v) is 3.89. The Labute approximate surface area is 213 Å². The number of carbonyl (C=O) groups excluding carboxylic acids is 2. The number of anilines is 1. The highest BCUT2D eigenvalue weighted by Crippen LogP contribution is 2.35. The van der Waals surface area contributed by atoms with Gasteiger partial charge in [0.05, 0.1) is 25.9 Å². The molecule has 1 aliphatic heterocycles. The third-order valence-corrected chi connectivity index (χ3v) is 5.79. The number of hydrogen-bond donors (Lipinski definition) is 3. The first-order valence-corrected chi connectivity index (χ1v) is 11.4. The summed E-state index contributed by atoms with van der Waals surface area (Å²) in [5, 5.41) is 12.7. The van der Waals surface area contributed by atoms with Gasteiger partial charge in [0.2, 0.25) is 11.8 Å². The van der Waals surface area contributed by atoms with E-state index in [0.29, 0.717) is 24.5 Å². The molecular formula is C27H27N3O7. The van der Waals surface area contributed by atoms with Crippen molar-refractivity contribution in [2.45, 2.75) is 20.1 Å². The van der Waals surface area contributed by atoms with Gasteiger partial charge in [-0.3, -0.25) is 9.59 Å². The minimum absolute atomic E-state index is 0.0497. The number of nitrogens with two attached hydrogens (primary N) is 1. The van der Waals surface area contributed by atoms with Gasteiger partial charge >= 0.3 is 5.97 Å². The van der Waals surface area contributed by atoms with Crippen molar-refractivity contribution in [2.24, 2.45) is 11.1 Å². The summed E-state index contributed by atoms with van der Waals surface area (Å²) in [6.07, 6.45) is -0.700. The molecule has 1 aromatic heterocycles. The van der Waals surface area contributed by atoms with Crippen molar-refractivity contribution in [1.82, 2.24) is 4.98 Å². The van der Waals surface area contributed by atoms with Crippen LogP contribution in [0.15, 0.2) is 54.6 Å². The molecule has 0 unspecified atom stereocenters. The first kappa shape index (κ1) is 25.8. The van der Waals surface area contributed by atoms with E-state index in [2.05, 4.69) is 10.3 Å². The number of pyridine rings is 1. The van der Waals surface area contributed by atoms with Gasteiger partial charge in [-0.1, -0.05) is 32.0 Å². The molecule has 0 radical (unpaired) electrons. The molecule has 0 aliphatic carbocycles. The fourth-order valence-electron chi connectivity index (χ4n) is 3.89. The Hall–Kier alpha value is -4.28. The lowest BCUT2D eigenvalue weighted by atomic mass is 9.94. The number of methoxy groups -OCH3 is 1. The van der Waals surface area contributed by atoms with Gasteiger partial charge in [-0.2, -0.15) is 0 Å². The van der Waals surface area contributed by atoms with Gasteiger partial charge in [0, 0.05) is 33.9 Å². The third kappa shape index (κ3) is 5.76. The first-order valence-electron chi connectivity index (χ1n) is 11.4. The summed E-state index contributed by atoms with van der Waals surface area (Å²) in [5.41, 5.74) is 6.72. The van der Waals surface area contributed by atoms with E-state index in [9.17, 15) is 19.5 Å². The van der Waals surface area contributed by atoms with E-state index < -0.39 is 24.1 Å². The molecule has 0 spiro atoms. The molecule has 2 amide bonds.